The molecule has 0 N–H and O–H groups in total. The lowest BCUT2D eigenvalue weighted by molar-refractivity contribution is 0.146. The molecule has 7 nitrogen and oxygen atoms in total. The Kier molecular flexibility index (Phi) is 6.22. The summed E-state index contributed by atoms with van der Waals surface area (Å²) in [6, 6.07) is 17.3. The lowest BCUT2D eigenvalue weighted by atomic mass is 10.0. The molecule has 2 aromatic carbocycles. The SMILES string of the molecule is Cc1nc(-c2ccccc2)n(CN2CCN(S(=O)(=O)c3ccc(C(C)C)cc3)CC2)n1. The van der Waals surface area contributed by atoms with Gasteiger partial charge in [-0.25, -0.2) is 18.1 Å². The van der Waals surface area contributed by atoms with Crippen molar-refractivity contribution >= 4 is 10.0 Å². The maximum atomic E-state index is 13.1. The number of sulfonamides is 1. The molecule has 0 saturated carbocycles. The van der Waals surface area contributed by atoms with Crippen LogP contribution < -0.4 is 0 Å². The monoisotopic (exact) mass is 439 g/mol. The molecule has 0 radical (unpaired) electrons. The zero-order valence-electron chi connectivity index (χ0n) is 18.3. The highest BCUT2D eigenvalue weighted by molar-refractivity contribution is 7.89. The Balaban J connectivity index is 1.43. The first-order valence-corrected chi connectivity index (χ1v) is 12.1. The van der Waals surface area contributed by atoms with Gasteiger partial charge in [-0.2, -0.15) is 9.40 Å². The molecule has 3 aromatic rings. The Labute approximate surface area is 184 Å². The summed E-state index contributed by atoms with van der Waals surface area (Å²) in [5, 5.41) is 4.55. The van der Waals surface area contributed by atoms with Gasteiger partial charge in [-0.05, 0) is 30.5 Å². The van der Waals surface area contributed by atoms with Crippen LogP contribution in [0.25, 0.3) is 11.4 Å². The standard InChI is InChI=1S/C23H29N5O2S/c1-18(2)20-9-11-22(12-10-20)31(29,30)27-15-13-26(14-16-27)17-28-23(24-19(3)25-28)21-7-5-4-6-8-21/h4-12,18H,13-17H2,1-3H3. The van der Waals surface area contributed by atoms with Crippen LogP contribution in [0.1, 0.15) is 31.2 Å². The van der Waals surface area contributed by atoms with Crippen LogP contribution in [0.15, 0.2) is 59.5 Å². The van der Waals surface area contributed by atoms with Gasteiger partial charge in [0, 0.05) is 31.7 Å². The van der Waals surface area contributed by atoms with Crippen LogP contribution in [0.4, 0.5) is 0 Å². The second kappa shape index (κ2) is 8.90. The van der Waals surface area contributed by atoms with Crippen LogP contribution >= 0.6 is 0 Å². The summed E-state index contributed by atoms with van der Waals surface area (Å²) in [7, 11) is -3.48. The smallest absolute Gasteiger partial charge is 0.243 e. The largest absolute Gasteiger partial charge is 0.282 e. The molecule has 1 aromatic heterocycles. The van der Waals surface area contributed by atoms with Crippen molar-refractivity contribution in [2.45, 2.75) is 38.3 Å². The predicted molar refractivity (Wildman–Crippen MR) is 121 cm³/mol. The Morgan fingerprint density at radius 1 is 0.935 bits per heavy atom. The Morgan fingerprint density at radius 2 is 1.58 bits per heavy atom. The molecule has 0 spiro atoms. The third-order valence-corrected chi connectivity index (χ3v) is 7.57. The van der Waals surface area contributed by atoms with Gasteiger partial charge in [0.25, 0.3) is 0 Å². The van der Waals surface area contributed by atoms with Gasteiger partial charge in [-0.15, -0.1) is 0 Å². The van der Waals surface area contributed by atoms with Gasteiger partial charge in [0.15, 0.2) is 5.82 Å². The van der Waals surface area contributed by atoms with Crippen LogP contribution in [0.5, 0.6) is 0 Å². The molecular formula is C23H29N5O2S. The van der Waals surface area contributed by atoms with Crippen molar-refractivity contribution in [3.8, 4) is 11.4 Å². The highest BCUT2D eigenvalue weighted by atomic mass is 32.2. The third-order valence-electron chi connectivity index (χ3n) is 5.66. The number of benzene rings is 2. The van der Waals surface area contributed by atoms with E-state index in [1.54, 1.807) is 16.4 Å². The molecule has 0 amide bonds. The van der Waals surface area contributed by atoms with E-state index >= 15 is 0 Å². The molecule has 1 saturated heterocycles. The van der Waals surface area contributed by atoms with E-state index in [2.05, 4.69) is 28.8 Å². The summed E-state index contributed by atoms with van der Waals surface area (Å²) in [5.41, 5.74) is 2.16. The number of hydrogen-bond acceptors (Lipinski definition) is 5. The summed E-state index contributed by atoms with van der Waals surface area (Å²) in [6.07, 6.45) is 0. The lowest BCUT2D eigenvalue weighted by Gasteiger charge is -2.34. The maximum absolute atomic E-state index is 13.1. The summed E-state index contributed by atoms with van der Waals surface area (Å²) >= 11 is 0. The second-order valence-corrected chi connectivity index (χ2v) is 10.2. The fourth-order valence-corrected chi connectivity index (χ4v) is 5.25. The van der Waals surface area contributed by atoms with E-state index in [9.17, 15) is 8.42 Å². The summed E-state index contributed by atoms with van der Waals surface area (Å²) in [4.78, 5) is 7.16. The fraction of sp³-hybridized carbons (Fsp3) is 0.391. The minimum absolute atomic E-state index is 0.364. The number of aryl methyl sites for hydroxylation is 1. The first-order chi connectivity index (χ1) is 14.8. The summed E-state index contributed by atoms with van der Waals surface area (Å²) in [5.74, 6) is 1.94. The topological polar surface area (TPSA) is 71.3 Å². The predicted octanol–water partition coefficient (Wildman–Crippen LogP) is 3.34. The molecular weight excluding hydrogens is 410 g/mol. The summed E-state index contributed by atoms with van der Waals surface area (Å²) in [6.45, 7) is 8.89. The highest BCUT2D eigenvalue weighted by Gasteiger charge is 2.29. The van der Waals surface area contributed by atoms with Crippen molar-refractivity contribution in [3.05, 3.63) is 66.0 Å². The van der Waals surface area contributed by atoms with Gasteiger partial charge >= 0.3 is 0 Å². The van der Waals surface area contributed by atoms with Crippen molar-refractivity contribution in [1.82, 2.24) is 24.0 Å². The van der Waals surface area contributed by atoms with Crippen LogP contribution in [0.2, 0.25) is 0 Å². The number of nitrogens with zero attached hydrogens (tertiary/aromatic N) is 5. The second-order valence-electron chi connectivity index (χ2n) is 8.24. The molecule has 8 heteroatoms. The third kappa shape index (κ3) is 4.71. The van der Waals surface area contributed by atoms with Crippen molar-refractivity contribution in [2.75, 3.05) is 26.2 Å². The zero-order valence-corrected chi connectivity index (χ0v) is 19.1. The molecule has 1 fully saturated rings. The quantitative estimate of drug-likeness (QED) is 0.589. The normalized spacial score (nSPS) is 16.1. The van der Waals surface area contributed by atoms with Gasteiger partial charge in [-0.3, -0.25) is 4.90 Å². The van der Waals surface area contributed by atoms with Crippen molar-refractivity contribution in [3.63, 3.8) is 0 Å². The van der Waals surface area contributed by atoms with E-state index < -0.39 is 10.0 Å². The van der Waals surface area contributed by atoms with Crippen LogP contribution in [-0.2, 0) is 16.7 Å². The fourth-order valence-electron chi connectivity index (χ4n) is 3.83. The van der Waals surface area contributed by atoms with Gasteiger partial charge in [0.1, 0.15) is 5.82 Å². The van der Waals surface area contributed by atoms with E-state index in [0.717, 1.165) is 22.8 Å². The number of piperazine rings is 1. The molecule has 4 rings (SSSR count). The molecule has 164 valence electrons. The van der Waals surface area contributed by atoms with E-state index in [1.807, 2.05) is 54.1 Å². The van der Waals surface area contributed by atoms with Gasteiger partial charge in [-0.1, -0.05) is 56.3 Å². The van der Waals surface area contributed by atoms with Crippen LogP contribution in [0.3, 0.4) is 0 Å². The molecule has 2 heterocycles. The van der Waals surface area contributed by atoms with Gasteiger partial charge < -0.3 is 0 Å². The molecule has 31 heavy (non-hydrogen) atoms. The van der Waals surface area contributed by atoms with Crippen molar-refractivity contribution < 1.29 is 8.42 Å². The summed E-state index contributed by atoms with van der Waals surface area (Å²) < 4.78 is 29.6. The first kappa shape index (κ1) is 21.7. The van der Waals surface area contributed by atoms with E-state index in [-0.39, 0.29) is 0 Å². The Hall–Kier alpha value is -2.55. The average molecular weight is 440 g/mol. The molecule has 0 atom stereocenters. The first-order valence-electron chi connectivity index (χ1n) is 10.6. The Bertz CT molecular complexity index is 1120. The zero-order chi connectivity index (χ0) is 22.0. The Morgan fingerprint density at radius 3 is 2.19 bits per heavy atom. The molecule has 0 unspecified atom stereocenters. The minimum atomic E-state index is -3.48. The van der Waals surface area contributed by atoms with Crippen molar-refractivity contribution in [2.24, 2.45) is 0 Å². The molecule has 0 aliphatic carbocycles. The van der Waals surface area contributed by atoms with Gasteiger partial charge in [0.05, 0.1) is 11.6 Å². The lowest BCUT2D eigenvalue weighted by Crippen LogP contribution is -2.49. The number of hydrogen-bond donors (Lipinski definition) is 0. The maximum Gasteiger partial charge on any atom is 0.243 e. The van der Waals surface area contributed by atoms with Crippen LogP contribution in [-0.4, -0.2) is 58.6 Å². The molecule has 0 bridgehead atoms. The van der Waals surface area contributed by atoms with Crippen LogP contribution in [0, 0.1) is 6.92 Å². The minimum Gasteiger partial charge on any atom is -0.282 e. The number of rotatable bonds is 6. The van der Waals surface area contributed by atoms with E-state index in [0.29, 0.717) is 43.7 Å². The number of aromatic nitrogens is 3. The van der Waals surface area contributed by atoms with Crippen molar-refractivity contribution in [1.29, 1.82) is 0 Å². The molecule has 1 aliphatic heterocycles. The molecule has 1 aliphatic rings. The van der Waals surface area contributed by atoms with Gasteiger partial charge in [0.2, 0.25) is 10.0 Å². The van der Waals surface area contributed by atoms with E-state index in [4.69, 9.17) is 0 Å². The average Bonchev–Trinajstić information content (AvgIpc) is 3.14. The highest BCUT2D eigenvalue weighted by Crippen LogP contribution is 2.22. The van der Waals surface area contributed by atoms with E-state index in [1.165, 1.54) is 0 Å².